The second kappa shape index (κ2) is 4.63. The Balaban J connectivity index is 2.23. The van der Waals surface area contributed by atoms with E-state index in [1.54, 1.807) is 6.26 Å². The van der Waals surface area contributed by atoms with Crippen molar-refractivity contribution >= 4 is 33.6 Å². The van der Waals surface area contributed by atoms with Crippen molar-refractivity contribution in [1.29, 1.82) is 5.26 Å². The van der Waals surface area contributed by atoms with Gasteiger partial charge in [-0.2, -0.15) is 5.26 Å². The van der Waals surface area contributed by atoms with Gasteiger partial charge in [-0.1, -0.05) is 24.3 Å². The van der Waals surface area contributed by atoms with Gasteiger partial charge in [0.25, 0.3) is 0 Å². The smallest absolute Gasteiger partial charge is 0.134 e. The summed E-state index contributed by atoms with van der Waals surface area (Å²) < 4.78 is 5.46. The summed E-state index contributed by atoms with van der Waals surface area (Å²) in [5.41, 5.74) is 8.63. The van der Waals surface area contributed by atoms with Crippen LogP contribution in [0, 0.1) is 11.3 Å². The zero-order chi connectivity index (χ0) is 13.2. The molecule has 2 N–H and O–H groups in total. The van der Waals surface area contributed by atoms with Crippen LogP contribution in [0.1, 0.15) is 10.4 Å². The van der Waals surface area contributed by atoms with Crippen molar-refractivity contribution < 1.29 is 4.42 Å². The van der Waals surface area contributed by atoms with Gasteiger partial charge in [-0.05, 0) is 17.5 Å². The third-order valence-corrected chi connectivity index (χ3v) is 3.81. The van der Waals surface area contributed by atoms with E-state index in [4.69, 9.17) is 10.2 Å². The summed E-state index contributed by atoms with van der Waals surface area (Å²) in [4.78, 5) is 0.866. The molecular weight excluding hydrogens is 256 g/mol. The van der Waals surface area contributed by atoms with Crippen molar-refractivity contribution in [3.8, 4) is 6.07 Å². The third kappa shape index (κ3) is 1.90. The van der Waals surface area contributed by atoms with E-state index in [-0.39, 0.29) is 0 Å². The highest BCUT2D eigenvalue weighted by atomic mass is 32.1. The van der Waals surface area contributed by atoms with Crippen molar-refractivity contribution in [1.82, 2.24) is 0 Å². The van der Waals surface area contributed by atoms with Gasteiger partial charge in [-0.15, -0.1) is 11.3 Å². The van der Waals surface area contributed by atoms with E-state index in [0.29, 0.717) is 11.3 Å². The molecule has 3 rings (SSSR count). The van der Waals surface area contributed by atoms with Crippen LogP contribution in [0.4, 0.5) is 0 Å². The van der Waals surface area contributed by atoms with E-state index in [2.05, 4.69) is 6.07 Å². The average Bonchev–Trinajstić information content (AvgIpc) is 3.08. The highest BCUT2D eigenvalue weighted by Gasteiger charge is 2.14. The third-order valence-electron chi connectivity index (χ3n) is 2.92. The lowest BCUT2D eigenvalue weighted by Gasteiger charge is -2.02. The van der Waals surface area contributed by atoms with Crippen molar-refractivity contribution in [3.05, 3.63) is 58.5 Å². The summed E-state index contributed by atoms with van der Waals surface area (Å²) in [5, 5.41) is 12.2. The number of allylic oxidation sites excluding steroid dienone is 1. The number of hydrogen-bond acceptors (Lipinski definition) is 4. The number of nitrogens with zero attached hydrogens (tertiary/aromatic N) is 1. The molecule has 0 spiro atoms. The number of nitrogens with two attached hydrogens (primary N) is 1. The van der Waals surface area contributed by atoms with E-state index in [1.165, 1.54) is 11.3 Å². The Kier molecular flexibility index (Phi) is 2.82. The van der Waals surface area contributed by atoms with E-state index in [9.17, 15) is 5.26 Å². The molecule has 92 valence electrons. The van der Waals surface area contributed by atoms with Gasteiger partial charge in [0.2, 0.25) is 0 Å². The maximum atomic E-state index is 9.33. The molecule has 0 aliphatic rings. The Morgan fingerprint density at radius 2 is 2.05 bits per heavy atom. The second-order valence-electron chi connectivity index (χ2n) is 4.02. The monoisotopic (exact) mass is 266 g/mol. The van der Waals surface area contributed by atoms with Crippen LogP contribution in [0.3, 0.4) is 0 Å². The first-order valence-corrected chi connectivity index (χ1v) is 6.59. The van der Waals surface area contributed by atoms with E-state index >= 15 is 0 Å². The Bertz CT molecular complexity index is 791. The molecular formula is C15H10N2OS. The molecule has 0 unspecified atom stereocenters. The number of benzene rings is 1. The van der Waals surface area contributed by atoms with Crippen molar-refractivity contribution in [2.45, 2.75) is 0 Å². The maximum Gasteiger partial charge on any atom is 0.134 e. The quantitative estimate of drug-likeness (QED) is 0.717. The zero-order valence-corrected chi connectivity index (χ0v) is 10.8. The minimum atomic E-state index is 0.454. The number of fused-ring (bicyclic) bond motifs is 1. The van der Waals surface area contributed by atoms with E-state index in [1.807, 2.05) is 41.8 Å². The molecule has 0 saturated heterocycles. The molecule has 3 aromatic rings. The van der Waals surface area contributed by atoms with E-state index < -0.39 is 0 Å². The van der Waals surface area contributed by atoms with Crippen molar-refractivity contribution in [2.75, 3.05) is 0 Å². The number of thiophene rings is 1. The molecule has 0 fully saturated rings. The van der Waals surface area contributed by atoms with Crippen LogP contribution in [-0.2, 0) is 0 Å². The number of para-hydroxylation sites is 1. The Morgan fingerprint density at radius 3 is 2.79 bits per heavy atom. The largest absolute Gasteiger partial charge is 0.464 e. The number of rotatable bonds is 2. The first-order valence-electron chi connectivity index (χ1n) is 5.71. The normalized spacial score (nSPS) is 12.2. The van der Waals surface area contributed by atoms with Gasteiger partial charge in [0, 0.05) is 15.8 Å². The summed E-state index contributed by atoms with van der Waals surface area (Å²) in [5.74, 6) is 0. The fourth-order valence-electron chi connectivity index (χ4n) is 1.99. The molecule has 4 heteroatoms. The predicted molar refractivity (Wildman–Crippen MR) is 77.1 cm³/mol. The molecule has 2 aromatic heterocycles. The zero-order valence-electron chi connectivity index (χ0n) is 9.96. The van der Waals surface area contributed by atoms with E-state index in [0.717, 1.165) is 21.4 Å². The summed E-state index contributed by atoms with van der Waals surface area (Å²) in [6.07, 6.45) is 1.60. The molecule has 0 bridgehead atoms. The summed E-state index contributed by atoms with van der Waals surface area (Å²) in [7, 11) is 0. The van der Waals surface area contributed by atoms with Gasteiger partial charge in [-0.25, -0.2) is 0 Å². The lowest BCUT2D eigenvalue weighted by molar-refractivity contribution is 0.614. The molecule has 0 radical (unpaired) electrons. The topological polar surface area (TPSA) is 63.0 Å². The Labute approximate surface area is 114 Å². The first-order chi connectivity index (χ1) is 9.31. The molecule has 0 saturated carbocycles. The van der Waals surface area contributed by atoms with Crippen LogP contribution in [0.5, 0.6) is 0 Å². The van der Waals surface area contributed by atoms with Crippen molar-refractivity contribution in [3.63, 3.8) is 0 Å². The first kappa shape index (κ1) is 11.6. The molecule has 0 aliphatic carbocycles. The van der Waals surface area contributed by atoms with Crippen LogP contribution >= 0.6 is 11.3 Å². The molecule has 0 amide bonds. The molecule has 19 heavy (non-hydrogen) atoms. The molecule has 0 atom stereocenters. The summed E-state index contributed by atoms with van der Waals surface area (Å²) >= 11 is 1.50. The van der Waals surface area contributed by atoms with Crippen LogP contribution in [-0.4, -0.2) is 0 Å². The van der Waals surface area contributed by atoms with Crippen LogP contribution in [0.25, 0.3) is 22.2 Å². The molecule has 0 aliphatic heterocycles. The van der Waals surface area contributed by atoms with Gasteiger partial charge in [0.05, 0.1) is 11.3 Å². The lowest BCUT2D eigenvalue weighted by atomic mass is 10.1. The van der Waals surface area contributed by atoms with Crippen molar-refractivity contribution in [2.24, 2.45) is 5.73 Å². The number of hydrogen-bond donors (Lipinski definition) is 1. The summed E-state index contributed by atoms with van der Waals surface area (Å²) in [6, 6.07) is 13.6. The summed E-state index contributed by atoms with van der Waals surface area (Å²) in [6.45, 7) is 0. The van der Waals surface area contributed by atoms with Gasteiger partial charge < -0.3 is 10.2 Å². The van der Waals surface area contributed by atoms with Gasteiger partial charge in [-0.3, -0.25) is 0 Å². The fraction of sp³-hybridized carbons (Fsp3) is 0. The predicted octanol–water partition coefficient (Wildman–Crippen LogP) is 3.84. The van der Waals surface area contributed by atoms with Crippen LogP contribution < -0.4 is 5.73 Å². The number of furan rings is 1. The van der Waals surface area contributed by atoms with Gasteiger partial charge in [0.15, 0.2) is 0 Å². The minimum Gasteiger partial charge on any atom is -0.464 e. The fourth-order valence-corrected chi connectivity index (χ4v) is 2.72. The highest BCUT2D eigenvalue weighted by molar-refractivity contribution is 7.11. The maximum absolute atomic E-state index is 9.33. The van der Waals surface area contributed by atoms with Gasteiger partial charge in [0.1, 0.15) is 17.9 Å². The molecule has 1 aromatic carbocycles. The molecule has 2 heterocycles. The van der Waals surface area contributed by atoms with Gasteiger partial charge >= 0.3 is 0 Å². The minimum absolute atomic E-state index is 0.454. The van der Waals surface area contributed by atoms with Crippen LogP contribution in [0.15, 0.2) is 52.5 Å². The number of nitriles is 1. The Hall–Kier alpha value is -2.51. The van der Waals surface area contributed by atoms with Crippen LogP contribution in [0.2, 0.25) is 0 Å². The standard InChI is InChI=1S/C15H10N2OS/c16-8-11(14-6-3-7-19-14)15(17)12-9-18-13-5-2-1-4-10(12)13/h1-7,9H,17H2/b15-11-. The second-order valence-corrected chi connectivity index (χ2v) is 4.97. The highest BCUT2D eigenvalue weighted by Crippen LogP contribution is 2.30. The SMILES string of the molecule is N#C/C(=C(/N)c1coc2ccccc12)c1cccs1. The molecule has 3 nitrogen and oxygen atoms in total. The Morgan fingerprint density at radius 1 is 1.21 bits per heavy atom. The average molecular weight is 266 g/mol. The lowest BCUT2D eigenvalue weighted by Crippen LogP contribution is -1.99.